The smallest absolute Gasteiger partial charge is 0.329 e. The largest absolute Gasteiger partial charge is 1.00 e. The van der Waals surface area contributed by atoms with Gasteiger partial charge in [-0.25, -0.2) is 4.79 Å². The van der Waals surface area contributed by atoms with E-state index in [-0.39, 0.29) is 12.4 Å². The molecule has 0 saturated heterocycles. The molecular weight excluding hydrogens is 210 g/mol. The van der Waals surface area contributed by atoms with E-state index in [1.165, 1.54) is 0 Å². The molecule has 0 aliphatic rings. The minimum atomic E-state index is -0.934. The van der Waals surface area contributed by atoms with Gasteiger partial charge in [-0.15, -0.1) is 0 Å². The minimum absolute atomic E-state index is 0. The second-order valence-electron chi connectivity index (χ2n) is 3.47. The highest BCUT2D eigenvalue weighted by atomic mass is 35.5. The van der Waals surface area contributed by atoms with Crippen LogP contribution >= 0.6 is 12.6 Å². The molecule has 0 radical (unpaired) electrons. The summed E-state index contributed by atoms with van der Waals surface area (Å²) in [4.78, 5) is 14.7. The average molecular weight is 225 g/mol. The fraction of sp³-hybridized carbons (Fsp3) is 0.750. The Kier molecular flexibility index (Phi) is 6.45. The molecule has 1 atom stereocenters. The highest BCUT2D eigenvalue weighted by molar-refractivity contribution is 7.81. The molecule has 3 nitrogen and oxygen atoms in total. The van der Waals surface area contributed by atoms with Gasteiger partial charge in [-0.05, 0) is 27.7 Å². The predicted molar refractivity (Wildman–Crippen MR) is 53.3 cm³/mol. The van der Waals surface area contributed by atoms with Gasteiger partial charge < -0.3 is 17.5 Å². The minimum Gasteiger partial charge on any atom is -1.00 e. The summed E-state index contributed by atoms with van der Waals surface area (Å²) in [6.07, 6.45) is 0. The lowest BCUT2D eigenvalue weighted by atomic mass is 10.0. The van der Waals surface area contributed by atoms with E-state index in [2.05, 4.69) is 17.6 Å². The zero-order chi connectivity index (χ0) is 9.94. The first kappa shape index (κ1) is 15.3. The number of rotatable bonds is 3. The third kappa shape index (κ3) is 5.93. The molecule has 0 aromatic carbocycles. The van der Waals surface area contributed by atoms with Crippen molar-refractivity contribution < 1.29 is 22.3 Å². The molecule has 0 aromatic heterocycles. The number of hydrogen-bond donors (Lipinski definition) is 2. The number of carbonyl (C=O) groups is 1. The summed E-state index contributed by atoms with van der Waals surface area (Å²) in [7, 11) is 0. The van der Waals surface area contributed by atoms with Gasteiger partial charge in [-0.2, -0.15) is 12.6 Å². The van der Waals surface area contributed by atoms with Crippen LogP contribution < -0.4 is 12.4 Å². The topological polar surface area (TPSA) is 49.7 Å². The third-order valence-corrected chi connectivity index (χ3v) is 1.53. The Balaban J connectivity index is 0. The Morgan fingerprint density at radius 2 is 1.85 bits per heavy atom. The lowest BCUT2D eigenvalue weighted by Crippen LogP contribution is -3.00. The summed E-state index contributed by atoms with van der Waals surface area (Å²) in [6, 6.07) is -0.772. The van der Waals surface area contributed by atoms with Crippen LogP contribution in [-0.2, 0) is 4.79 Å². The first-order valence-corrected chi connectivity index (χ1v) is 4.16. The Morgan fingerprint density at radius 3 is 1.92 bits per heavy atom. The molecule has 0 aliphatic carbocycles. The van der Waals surface area contributed by atoms with Gasteiger partial charge in [0.15, 0.2) is 6.04 Å². The maximum absolute atomic E-state index is 10.7. The summed E-state index contributed by atoms with van der Waals surface area (Å²) in [5.41, 5.74) is 0.754. The number of aliphatic carboxylic acids is 1. The van der Waals surface area contributed by atoms with Crippen molar-refractivity contribution in [2.45, 2.75) is 38.5 Å². The number of aliphatic imine (C=N–C) groups is 1. The van der Waals surface area contributed by atoms with Crippen molar-refractivity contribution in [1.29, 1.82) is 0 Å². The van der Waals surface area contributed by atoms with Crippen LogP contribution in [0.25, 0.3) is 0 Å². The van der Waals surface area contributed by atoms with Crippen LogP contribution in [0.15, 0.2) is 4.99 Å². The summed E-state index contributed by atoms with van der Waals surface area (Å²) in [5, 5.41) is 8.80. The van der Waals surface area contributed by atoms with Crippen molar-refractivity contribution in [3.05, 3.63) is 0 Å². The maximum Gasteiger partial charge on any atom is 0.329 e. The van der Waals surface area contributed by atoms with E-state index >= 15 is 0 Å². The van der Waals surface area contributed by atoms with Gasteiger partial charge in [0.05, 0.1) is 0 Å². The number of halogens is 1. The molecular formula is C8H15ClNO2S-. The van der Waals surface area contributed by atoms with Crippen molar-refractivity contribution in [3.8, 4) is 0 Å². The Hall–Kier alpha value is -0.220. The lowest BCUT2D eigenvalue weighted by molar-refractivity contribution is -0.139. The zero-order valence-corrected chi connectivity index (χ0v) is 9.86. The van der Waals surface area contributed by atoms with Crippen LogP contribution in [-0.4, -0.2) is 27.6 Å². The van der Waals surface area contributed by atoms with E-state index in [0.717, 1.165) is 5.71 Å². The quantitative estimate of drug-likeness (QED) is 0.459. The molecule has 0 spiro atoms. The van der Waals surface area contributed by atoms with E-state index in [9.17, 15) is 4.79 Å². The highest BCUT2D eigenvalue weighted by Crippen LogP contribution is 2.20. The molecule has 13 heavy (non-hydrogen) atoms. The van der Waals surface area contributed by atoms with Crippen molar-refractivity contribution in [2.24, 2.45) is 4.99 Å². The van der Waals surface area contributed by atoms with Crippen LogP contribution in [0.3, 0.4) is 0 Å². The van der Waals surface area contributed by atoms with Gasteiger partial charge >= 0.3 is 5.97 Å². The van der Waals surface area contributed by atoms with Gasteiger partial charge in [0.25, 0.3) is 0 Å². The summed E-state index contributed by atoms with van der Waals surface area (Å²) >= 11 is 4.18. The third-order valence-electron chi connectivity index (χ3n) is 1.29. The Bertz CT molecular complexity index is 207. The molecule has 0 saturated carbocycles. The SMILES string of the molecule is CC(C)=NC(C(=O)O)C(C)(C)S.[Cl-]. The fourth-order valence-corrected chi connectivity index (χ4v) is 0.942. The lowest BCUT2D eigenvalue weighted by Gasteiger charge is -2.22. The molecule has 0 aliphatic heterocycles. The van der Waals surface area contributed by atoms with E-state index in [1.807, 2.05) is 0 Å². The number of nitrogens with zero attached hydrogens (tertiary/aromatic N) is 1. The molecule has 0 amide bonds. The Morgan fingerprint density at radius 1 is 1.46 bits per heavy atom. The predicted octanol–water partition coefficient (Wildman–Crippen LogP) is -1.37. The molecule has 1 N–H and O–H groups in total. The standard InChI is InChI=1S/C8H15NO2S.ClH/c1-5(2)9-6(7(10)11)8(3,4)12;/h6,12H,1-4H3,(H,10,11);1H/p-1. The highest BCUT2D eigenvalue weighted by Gasteiger charge is 2.31. The van der Waals surface area contributed by atoms with Gasteiger partial charge in [-0.3, -0.25) is 4.99 Å². The molecule has 0 fully saturated rings. The van der Waals surface area contributed by atoms with Crippen molar-refractivity contribution in [3.63, 3.8) is 0 Å². The first-order chi connectivity index (χ1) is 5.25. The van der Waals surface area contributed by atoms with Crippen LogP contribution in [0.1, 0.15) is 27.7 Å². The van der Waals surface area contributed by atoms with Crippen LogP contribution in [0.4, 0.5) is 0 Å². The molecule has 0 rings (SSSR count). The summed E-state index contributed by atoms with van der Waals surface area (Å²) < 4.78 is -0.622. The van der Waals surface area contributed by atoms with Crippen LogP contribution in [0.2, 0.25) is 0 Å². The molecule has 0 bridgehead atoms. The van der Waals surface area contributed by atoms with Crippen LogP contribution in [0, 0.1) is 0 Å². The summed E-state index contributed by atoms with van der Waals surface area (Å²) in [5.74, 6) is -0.934. The number of carboxylic acids is 1. The van der Waals surface area contributed by atoms with Gasteiger partial charge in [0, 0.05) is 10.5 Å². The van der Waals surface area contributed by atoms with Gasteiger partial charge in [0.1, 0.15) is 0 Å². The molecule has 78 valence electrons. The van der Waals surface area contributed by atoms with Gasteiger partial charge in [0.2, 0.25) is 0 Å². The number of thiol groups is 1. The second-order valence-corrected chi connectivity index (χ2v) is 4.62. The van der Waals surface area contributed by atoms with E-state index in [4.69, 9.17) is 5.11 Å². The van der Waals surface area contributed by atoms with Crippen LogP contribution in [0.5, 0.6) is 0 Å². The van der Waals surface area contributed by atoms with Crippen molar-refractivity contribution in [1.82, 2.24) is 0 Å². The van der Waals surface area contributed by atoms with E-state index in [0.29, 0.717) is 0 Å². The fourth-order valence-electron chi connectivity index (χ4n) is 0.774. The van der Waals surface area contributed by atoms with E-state index < -0.39 is 16.8 Å². The normalized spacial score (nSPS) is 12.7. The molecule has 0 heterocycles. The average Bonchev–Trinajstić information content (AvgIpc) is 1.79. The second kappa shape index (κ2) is 5.50. The van der Waals surface area contributed by atoms with Gasteiger partial charge in [-0.1, -0.05) is 0 Å². The van der Waals surface area contributed by atoms with E-state index in [1.54, 1.807) is 27.7 Å². The summed E-state index contributed by atoms with van der Waals surface area (Å²) in [6.45, 7) is 7.02. The monoisotopic (exact) mass is 224 g/mol. The van der Waals surface area contributed by atoms with Crippen molar-refractivity contribution >= 4 is 24.3 Å². The zero-order valence-electron chi connectivity index (χ0n) is 8.21. The maximum atomic E-state index is 10.7. The Labute approximate surface area is 90.5 Å². The molecule has 0 aromatic rings. The van der Waals surface area contributed by atoms with Crippen molar-refractivity contribution in [2.75, 3.05) is 0 Å². The number of carboxylic acid groups (broad SMARTS) is 1. The molecule has 5 heteroatoms. The number of hydrogen-bond acceptors (Lipinski definition) is 3. The first-order valence-electron chi connectivity index (χ1n) is 3.71. The molecule has 1 unspecified atom stereocenters.